The molecular weight excluding hydrogens is 266 g/mol. The largest absolute Gasteiger partial charge is 0.212 e. The zero-order chi connectivity index (χ0) is 12.0. The molecule has 0 radical (unpaired) electrons. The number of rotatable bonds is 6. The molecule has 0 aromatic carbocycles. The van der Waals surface area contributed by atoms with Crippen LogP contribution in [0.15, 0.2) is 0 Å². The van der Waals surface area contributed by atoms with E-state index in [1.807, 2.05) is 0 Å². The number of thioether (sulfide) groups is 1. The van der Waals surface area contributed by atoms with Gasteiger partial charge in [0.2, 0.25) is 10.0 Å². The average Bonchev–Trinajstić information content (AvgIpc) is 2.27. The Bertz CT molecular complexity index is 295. The van der Waals surface area contributed by atoms with E-state index in [4.69, 9.17) is 11.6 Å². The van der Waals surface area contributed by atoms with Crippen molar-refractivity contribution in [2.45, 2.75) is 43.4 Å². The van der Waals surface area contributed by atoms with Gasteiger partial charge in [0, 0.05) is 17.2 Å². The zero-order valence-electron chi connectivity index (χ0n) is 9.62. The van der Waals surface area contributed by atoms with Crippen LogP contribution in [-0.2, 0) is 10.0 Å². The minimum Gasteiger partial charge on any atom is -0.212 e. The minimum absolute atomic E-state index is 0.115. The molecule has 0 saturated heterocycles. The fraction of sp³-hybridized carbons (Fsp3) is 1.00. The number of hydrogen-bond acceptors (Lipinski definition) is 3. The first-order valence-electron chi connectivity index (χ1n) is 5.68. The summed E-state index contributed by atoms with van der Waals surface area (Å²) in [6.07, 6.45) is 6.99. The molecule has 3 nitrogen and oxygen atoms in total. The summed E-state index contributed by atoms with van der Waals surface area (Å²) in [6.45, 7) is 0. The molecule has 0 spiro atoms. The summed E-state index contributed by atoms with van der Waals surface area (Å²) in [4.78, 5) is 0. The smallest absolute Gasteiger partial charge is 0.211 e. The quantitative estimate of drug-likeness (QED) is 0.761. The lowest BCUT2D eigenvalue weighted by Crippen LogP contribution is -2.44. The van der Waals surface area contributed by atoms with Crippen molar-refractivity contribution in [2.75, 3.05) is 17.9 Å². The minimum atomic E-state index is -3.13. The molecule has 0 aromatic rings. The predicted octanol–water partition coefficient (Wildman–Crippen LogP) is 2.21. The normalized spacial score (nSPS) is 26.9. The maximum Gasteiger partial charge on any atom is 0.211 e. The second-order valence-electron chi connectivity index (χ2n) is 4.14. The highest BCUT2D eigenvalue weighted by atomic mass is 35.5. The maximum absolute atomic E-state index is 11.7. The molecule has 6 heteroatoms. The summed E-state index contributed by atoms with van der Waals surface area (Å²) in [5.74, 6) is 0.547. The van der Waals surface area contributed by atoms with Crippen molar-refractivity contribution < 1.29 is 8.42 Å². The molecule has 0 heterocycles. The molecule has 1 N–H and O–H groups in total. The summed E-state index contributed by atoms with van der Waals surface area (Å²) < 4.78 is 26.3. The van der Waals surface area contributed by atoms with Crippen LogP contribution in [0.2, 0.25) is 0 Å². The first-order chi connectivity index (χ1) is 7.59. The predicted molar refractivity (Wildman–Crippen MR) is 71.8 cm³/mol. The molecule has 1 aliphatic carbocycles. The zero-order valence-corrected chi connectivity index (χ0v) is 12.0. The van der Waals surface area contributed by atoms with Gasteiger partial charge in [-0.2, -0.15) is 11.8 Å². The Hall–Kier alpha value is 0.550. The van der Waals surface area contributed by atoms with Crippen molar-refractivity contribution in [3.8, 4) is 0 Å². The second kappa shape index (κ2) is 7.09. The lowest BCUT2D eigenvalue weighted by atomic mass is 9.96. The van der Waals surface area contributed by atoms with Gasteiger partial charge >= 0.3 is 0 Å². The Morgan fingerprint density at radius 2 is 2.06 bits per heavy atom. The molecular formula is C10H20ClNO2S2. The molecule has 0 aliphatic heterocycles. The van der Waals surface area contributed by atoms with E-state index in [0.29, 0.717) is 17.6 Å². The third-order valence-corrected chi connectivity index (χ3v) is 5.81. The summed E-state index contributed by atoms with van der Waals surface area (Å²) in [7, 11) is -3.13. The van der Waals surface area contributed by atoms with E-state index in [1.165, 1.54) is 6.42 Å². The second-order valence-corrected chi connectivity index (χ2v) is 7.47. The van der Waals surface area contributed by atoms with Gasteiger partial charge in [-0.15, -0.1) is 11.6 Å². The van der Waals surface area contributed by atoms with E-state index in [9.17, 15) is 8.42 Å². The first-order valence-corrected chi connectivity index (χ1v) is 9.15. The van der Waals surface area contributed by atoms with Crippen molar-refractivity contribution >= 4 is 33.4 Å². The molecule has 1 aliphatic rings. The molecule has 1 fully saturated rings. The molecule has 96 valence electrons. The van der Waals surface area contributed by atoms with E-state index in [0.717, 1.165) is 19.3 Å². The van der Waals surface area contributed by atoms with E-state index >= 15 is 0 Å². The number of alkyl halides is 1. The van der Waals surface area contributed by atoms with Gasteiger partial charge in [0.25, 0.3) is 0 Å². The van der Waals surface area contributed by atoms with Gasteiger partial charge < -0.3 is 0 Å². The molecule has 16 heavy (non-hydrogen) atoms. The van der Waals surface area contributed by atoms with Crippen molar-refractivity contribution in [1.82, 2.24) is 4.72 Å². The van der Waals surface area contributed by atoms with Gasteiger partial charge in [-0.25, -0.2) is 13.1 Å². The highest BCUT2D eigenvalue weighted by Gasteiger charge is 2.27. The Labute approximate surface area is 108 Å². The topological polar surface area (TPSA) is 46.2 Å². The van der Waals surface area contributed by atoms with E-state index in [2.05, 4.69) is 11.0 Å². The molecule has 0 bridgehead atoms. The van der Waals surface area contributed by atoms with Crippen molar-refractivity contribution in [1.29, 1.82) is 0 Å². The van der Waals surface area contributed by atoms with Crippen LogP contribution >= 0.6 is 23.4 Å². The van der Waals surface area contributed by atoms with Gasteiger partial charge in [-0.1, -0.05) is 12.8 Å². The number of halogens is 1. The highest BCUT2D eigenvalue weighted by molar-refractivity contribution is 7.99. The Balaban J connectivity index is 2.50. The van der Waals surface area contributed by atoms with Gasteiger partial charge in [0.05, 0.1) is 5.75 Å². The van der Waals surface area contributed by atoms with Gasteiger partial charge in [0.1, 0.15) is 0 Å². The molecule has 2 unspecified atom stereocenters. The fourth-order valence-corrected chi connectivity index (χ4v) is 4.75. The van der Waals surface area contributed by atoms with Crippen LogP contribution in [0, 0.1) is 0 Å². The summed E-state index contributed by atoms with van der Waals surface area (Å²) in [6, 6.07) is 0.115. The lowest BCUT2D eigenvalue weighted by molar-refractivity contribution is 0.423. The highest BCUT2D eigenvalue weighted by Crippen LogP contribution is 2.27. The van der Waals surface area contributed by atoms with Crippen LogP contribution in [-0.4, -0.2) is 37.6 Å². The standard InChI is InChI=1S/C10H20ClNO2S2/c1-15-10-6-3-2-5-9(10)12-16(13,14)8-4-7-11/h9-10,12H,2-8H2,1H3. The average molecular weight is 286 g/mol. The summed E-state index contributed by atoms with van der Waals surface area (Å²) in [5, 5.41) is 0.430. The Kier molecular flexibility index (Phi) is 6.47. The van der Waals surface area contributed by atoms with Gasteiger partial charge in [-0.3, -0.25) is 0 Å². The van der Waals surface area contributed by atoms with Crippen LogP contribution in [0.25, 0.3) is 0 Å². The lowest BCUT2D eigenvalue weighted by Gasteiger charge is -2.30. The van der Waals surface area contributed by atoms with Crippen LogP contribution in [0.5, 0.6) is 0 Å². The summed E-state index contributed by atoms with van der Waals surface area (Å²) >= 11 is 7.28. The Morgan fingerprint density at radius 3 is 2.69 bits per heavy atom. The van der Waals surface area contributed by atoms with Gasteiger partial charge in [-0.05, 0) is 25.5 Å². The maximum atomic E-state index is 11.7. The molecule has 1 rings (SSSR count). The first kappa shape index (κ1) is 14.6. The van der Waals surface area contributed by atoms with E-state index in [1.54, 1.807) is 11.8 Å². The van der Waals surface area contributed by atoms with Crippen molar-refractivity contribution in [3.05, 3.63) is 0 Å². The molecule has 0 aromatic heterocycles. The summed E-state index contributed by atoms with van der Waals surface area (Å²) in [5.41, 5.74) is 0. The third-order valence-electron chi connectivity index (χ3n) is 2.88. The van der Waals surface area contributed by atoms with Crippen LogP contribution < -0.4 is 4.72 Å². The Morgan fingerprint density at radius 1 is 1.38 bits per heavy atom. The SMILES string of the molecule is CSC1CCCCC1NS(=O)(=O)CCCCl. The van der Waals surface area contributed by atoms with E-state index < -0.39 is 10.0 Å². The fourth-order valence-electron chi connectivity index (χ4n) is 2.05. The molecule has 1 saturated carbocycles. The number of nitrogens with one attached hydrogen (secondary N) is 1. The molecule has 2 atom stereocenters. The van der Waals surface area contributed by atoms with Crippen LogP contribution in [0.1, 0.15) is 32.1 Å². The third kappa shape index (κ3) is 4.82. The molecule has 0 amide bonds. The number of sulfonamides is 1. The van der Waals surface area contributed by atoms with Crippen molar-refractivity contribution in [3.63, 3.8) is 0 Å². The van der Waals surface area contributed by atoms with Crippen molar-refractivity contribution in [2.24, 2.45) is 0 Å². The van der Waals surface area contributed by atoms with Gasteiger partial charge in [0.15, 0.2) is 0 Å². The van der Waals surface area contributed by atoms with E-state index in [-0.39, 0.29) is 11.8 Å². The van der Waals surface area contributed by atoms with Crippen LogP contribution in [0.4, 0.5) is 0 Å². The number of hydrogen-bond donors (Lipinski definition) is 1. The van der Waals surface area contributed by atoms with Crippen LogP contribution in [0.3, 0.4) is 0 Å². The monoisotopic (exact) mass is 285 g/mol.